The normalized spacial score (nSPS) is 11.2. The number of fused-ring (bicyclic) bond motifs is 1. The Bertz CT molecular complexity index is 924. The SMILES string of the molecule is COc1cc(/C=C(\C#N)c2nc3ccccc3o2)cc(OC)c1OC. The number of aromatic nitrogens is 1. The van der Waals surface area contributed by atoms with Crippen LogP contribution in [0.5, 0.6) is 17.2 Å². The Morgan fingerprint density at radius 1 is 1.08 bits per heavy atom. The van der Waals surface area contributed by atoms with E-state index in [-0.39, 0.29) is 5.89 Å². The molecule has 0 spiro atoms. The lowest BCUT2D eigenvalue weighted by atomic mass is 10.1. The fraction of sp³-hybridized carbons (Fsp3) is 0.158. The second-order valence-electron chi connectivity index (χ2n) is 5.12. The van der Waals surface area contributed by atoms with Gasteiger partial charge >= 0.3 is 0 Å². The first-order valence-electron chi connectivity index (χ1n) is 7.48. The van der Waals surface area contributed by atoms with E-state index in [2.05, 4.69) is 11.1 Å². The minimum Gasteiger partial charge on any atom is -0.493 e. The molecule has 2 aromatic carbocycles. The second-order valence-corrected chi connectivity index (χ2v) is 5.12. The molecule has 3 rings (SSSR count). The van der Waals surface area contributed by atoms with Gasteiger partial charge in [-0.2, -0.15) is 5.26 Å². The molecule has 3 aromatic rings. The number of para-hydroxylation sites is 2. The lowest BCUT2D eigenvalue weighted by Crippen LogP contribution is -1.95. The fourth-order valence-electron chi connectivity index (χ4n) is 2.48. The van der Waals surface area contributed by atoms with Crippen LogP contribution < -0.4 is 14.2 Å². The number of rotatable bonds is 5. The third-order valence-electron chi connectivity index (χ3n) is 3.64. The van der Waals surface area contributed by atoms with Crippen LogP contribution in [0.3, 0.4) is 0 Å². The van der Waals surface area contributed by atoms with Crippen LogP contribution in [0.15, 0.2) is 40.8 Å². The van der Waals surface area contributed by atoms with Crippen molar-refractivity contribution in [3.8, 4) is 23.3 Å². The van der Waals surface area contributed by atoms with Crippen molar-refractivity contribution in [1.82, 2.24) is 4.98 Å². The maximum absolute atomic E-state index is 9.51. The summed E-state index contributed by atoms with van der Waals surface area (Å²) < 4.78 is 21.6. The number of hydrogen-bond acceptors (Lipinski definition) is 6. The topological polar surface area (TPSA) is 77.5 Å². The van der Waals surface area contributed by atoms with Gasteiger partial charge in [-0.15, -0.1) is 0 Å². The van der Waals surface area contributed by atoms with E-state index in [4.69, 9.17) is 18.6 Å². The molecule has 0 radical (unpaired) electrons. The van der Waals surface area contributed by atoms with E-state index >= 15 is 0 Å². The van der Waals surface area contributed by atoms with Crippen LogP contribution >= 0.6 is 0 Å². The number of hydrogen-bond donors (Lipinski definition) is 0. The van der Waals surface area contributed by atoms with Crippen molar-refractivity contribution in [2.24, 2.45) is 0 Å². The Balaban J connectivity index is 2.09. The van der Waals surface area contributed by atoms with Gasteiger partial charge in [0.05, 0.1) is 21.3 Å². The lowest BCUT2D eigenvalue weighted by Gasteiger charge is -2.12. The number of ether oxygens (including phenoxy) is 3. The van der Waals surface area contributed by atoms with Crippen LogP contribution in [-0.2, 0) is 0 Å². The summed E-state index contributed by atoms with van der Waals surface area (Å²) in [5, 5.41) is 9.51. The smallest absolute Gasteiger partial charge is 0.238 e. The molecule has 0 aliphatic carbocycles. The van der Waals surface area contributed by atoms with Crippen LogP contribution in [-0.4, -0.2) is 26.3 Å². The quantitative estimate of drug-likeness (QED) is 0.657. The van der Waals surface area contributed by atoms with E-state index in [9.17, 15) is 5.26 Å². The standard InChI is InChI=1S/C19H16N2O4/c1-22-16-9-12(10-17(23-2)18(16)24-3)8-13(11-20)19-21-14-6-4-5-7-15(14)25-19/h4-10H,1-3H3/b13-8+. The van der Waals surface area contributed by atoms with Gasteiger partial charge in [-0.3, -0.25) is 0 Å². The van der Waals surface area contributed by atoms with Gasteiger partial charge in [-0.05, 0) is 35.9 Å². The monoisotopic (exact) mass is 336 g/mol. The first-order valence-corrected chi connectivity index (χ1v) is 7.48. The van der Waals surface area contributed by atoms with Crippen molar-refractivity contribution in [1.29, 1.82) is 5.26 Å². The predicted molar refractivity (Wildman–Crippen MR) is 93.6 cm³/mol. The molecule has 0 amide bonds. The molecule has 0 N–H and O–H groups in total. The zero-order valence-electron chi connectivity index (χ0n) is 14.1. The maximum atomic E-state index is 9.51. The summed E-state index contributed by atoms with van der Waals surface area (Å²) >= 11 is 0. The molecular formula is C19H16N2O4. The third-order valence-corrected chi connectivity index (χ3v) is 3.64. The van der Waals surface area contributed by atoms with E-state index in [1.165, 1.54) is 21.3 Å². The molecule has 0 fully saturated rings. The number of benzene rings is 2. The highest BCUT2D eigenvalue weighted by molar-refractivity contribution is 5.89. The fourth-order valence-corrected chi connectivity index (χ4v) is 2.48. The Hall–Kier alpha value is -3.46. The van der Waals surface area contributed by atoms with Crippen LogP contribution in [0.4, 0.5) is 0 Å². The molecule has 0 aliphatic heterocycles. The van der Waals surface area contributed by atoms with Crippen molar-refractivity contribution < 1.29 is 18.6 Å². The van der Waals surface area contributed by atoms with Crippen LogP contribution in [0.1, 0.15) is 11.5 Å². The Labute approximate surface area is 144 Å². The van der Waals surface area contributed by atoms with Crippen molar-refractivity contribution in [2.75, 3.05) is 21.3 Å². The highest BCUT2D eigenvalue weighted by Crippen LogP contribution is 2.39. The molecule has 0 aliphatic rings. The Morgan fingerprint density at radius 2 is 1.76 bits per heavy atom. The van der Waals surface area contributed by atoms with Gasteiger partial charge in [0.15, 0.2) is 17.1 Å². The van der Waals surface area contributed by atoms with Crippen LogP contribution in [0.2, 0.25) is 0 Å². The zero-order chi connectivity index (χ0) is 17.8. The van der Waals surface area contributed by atoms with Gasteiger partial charge in [0.25, 0.3) is 0 Å². The lowest BCUT2D eigenvalue weighted by molar-refractivity contribution is 0.324. The minimum absolute atomic E-state index is 0.262. The van der Waals surface area contributed by atoms with Crippen molar-refractivity contribution in [3.05, 3.63) is 47.9 Å². The number of nitriles is 1. The first-order chi connectivity index (χ1) is 12.2. The second kappa shape index (κ2) is 6.97. The molecule has 126 valence electrons. The minimum atomic E-state index is 0.262. The molecule has 1 aromatic heterocycles. The molecule has 25 heavy (non-hydrogen) atoms. The average Bonchev–Trinajstić information content (AvgIpc) is 3.08. The van der Waals surface area contributed by atoms with Gasteiger partial charge in [-0.1, -0.05) is 12.1 Å². The summed E-state index contributed by atoms with van der Waals surface area (Å²) in [6.45, 7) is 0. The van der Waals surface area contributed by atoms with Crippen molar-refractivity contribution in [3.63, 3.8) is 0 Å². The molecule has 1 heterocycles. The Kier molecular flexibility index (Phi) is 4.57. The average molecular weight is 336 g/mol. The highest BCUT2D eigenvalue weighted by Gasteiger charge is 2.15. The van der Waals surface area contributed by atoms with Gasteiger partial charge in [0.2, 0.25) is 11.6 Å². The molecular weight excluding hydrogens is 320 g/mol. The van der Waals surface area contributed by atoms with E-state index < -0.39 is 0 Å². The third kappa shape index (κ3) is 3.12. The van der Waals surface area contributed by atoms with Crippen molar-refractivity contribution in [2.45, 2.75) is 0 Å². The summed E-state index contributed by atoms with van der Waals surface area (Å²) in [5.41, 5.74) is 2.32. The molecule has 0 atom stereocenters. The molecule has 6 heteroatoms. The highest BCUT2D eigenvalue weighted by atomic mass is 16.5. The Morgan fingerprint density at radius 3 is 2.32 bits per heavy atom. The number of oxazole rings is 1. The number of nitrogens with zero attached hydrogens (tertiary/aromatic N) is 2. The van der Waals surface area contributed by atoms with E-state index in [0.717, 1.165) is 0 Å². The molecule has 0 unspecified atom stereocenters. The number of methoxy groups -OCH3 is 3. The van der Waals surface area contributed by atoms with Gasteiger partial charge in [0.1, 0.15) is 17.2 Å². The predicted octanol–water partition coefficient (Wildman–Crippen LogP) is 3.92. The maximum Gasteiger partial charge on any atom is 0.238 e. The summed E-state index contributed by atoms with van der Waals surface area (Å²) in [6.07, 6.45) is 1.66. The zero-order valence-corrected chi connectivity index (χ0v) is 14.1. The number of allylic oxidation sites excluding steroid dienone is 1. The molecule has 6 nitrogen and oxygen atoms in total. The summed E-state index contributed by atoms with van der Waals surface area (Å²) in [6, 6.07) is 13.0. The van der Waals surface area contributed by atoms with Gasteiger partial charge in [0, 0.05) is 0 Å². The van der Waals surface area contributed by atoms with E-state index in [1.54, 1.807) is 24.3 Å². The summed E-state index contributed by atoms with van der Waals surface area (Å²) in [5.74, 6) is 1.76. The van der Waals surface area contributed by atoms with Crippen LogP contribution in [0.25, 0.3) is 22.7 Å². The summed E-state index contributed by atoms with van der Waals surface area (Å²) in [7, 11) is 4.61. The molecule has 0 bridgehead atoms. The summed E-state index contributed by atoms with van der Waals surface area (Å²) in [4.78, 5) is 4.35. The first kappa shape index (κ1) is 16.4. The largest absolute Gasteiger partial charge is 0.493 e. The van der Waals surface area contributed by atoms with Crippen molar-refractivity contribution >= 4 is 22.7 Å². The van der Waals surface area contributed by atoms with Gasteiger partial charge < -0.3 is 18.6 Å². The molecule has 0 saturated heterocycles. The van der Waals surface area contributed by atoms with Gasteiger partial charge in [-0.25, -0.2) is 4.98 Å². The van der Waals surface area contributed by atoms with E-state index in [1.807, 2.05) is 18.2 Å². The van der Waals surface area contributed by atoms with E-state index in [0.29, 0.717) is 39.5 Å². The molecule has 0 saturated carbocycles. The van der Waals surface area contributed by atoms with Crippen LogP contribution in [0, 0.1) is 11.3 Å².